The van der Waals surface area contributed by atoms with E-state index in [2.05, 4.69) is 11.9 Å². The fraction of sp³-hybridized carbons (Fsp3) is 0.684. The van der Waals surface area contributed by atoms with E-state index in [1.165, 1.54) is 10.4 Å². The van der Waals surface area contributed by atoms with Crippen molar-refractivity contribution in [1.82, 2.24) is 14.7 Å². The van der Waals surface area contributed by atoms with E-state index < -0.39 is 0 Å². The molecule has 138 valence electrons. The minimum atomic E-state index is 0.0851. The molecule has 0 saturated carbocycles. The molecule has 1 aromatic heterocycles. The van der Waals surface area contributed by atoms with Crippen molar-refractivity contribution in [3.8, 4) is 0 Å². The van der Waals surface area contributed by atoms with Gasteiger partial charge in [0.05, 0.1) is 4.88 Å². The molecule has 1 aromatic rings. The maximum Gasteiger partial charge on any atom is 0.263 e. The van der Waals surface area contributed by atoms with E-state index in [1.807, 2.05) is 29.7 Å². The second-order valence-corrected chi connectivity index (χ2v) is 8.24. The number of aryl methyl sites for hydroxylation is 1. The summed E-state index contributed by atoms with van der Waals surface area (Å²) in [5.41, 5.74) is 1.22. The molecule has 25 heavy (non-hydrogen) atoms. The summed E-state index contributed by atoms with van der Waals surface area (Å²) in [6, 6.07) is 2.05. The van der Waals surface area contributed by atoms with E-state index in [0.29, 0.717) is 5.91 Å². The highest BCUT2D eigenvalue weighted by atomic mass is 32.1. The fourth-order valence-corrected chi connectivity index (χ4v) is 4.97. The Kier molecular flexibility index (Phi) is 5.79. The Morgan fingerprint density at radius 1 is 1.20 bits per heavy atom. The van der Waals surface area contributed by atoms with Crippen molar-refractivity contribution in [3.05, 3.63) is 21.4 Å². The molecular formula is C19H29N3O2S. The standard InChI is InChI=1S/C19H29N3O2S/c1-4-21(5-2)19(24)17-13-15-12-14(6-7-16(15)25-17)18(23)22-10-8-20(3)9-11-22/h13-14H,4-12H2,1-3H3. The summed E-state index contributed by atoms with van der Waals surface area (Å²) in [5, 5.41) is 0. The van der Waals surface area contributed by atoms with E-state index >= 15 is 0 Å². The van der Waals surface area contributed by atoms with Crippen LogP contribution in [0.3, 0.4) is 0 Å². The van der Waals surface area contributed by atoms with Crippen molar-refractivity contribution in [2.24, 2.45) is 5.92 Å². The molecule has 1 unspecified atom stereocenters. The summed E-state index contributed by atoms with van der Waals surface area (Å²) in [5.74, 6) is 0.523. The predicted molar refractivity (Wildman–Crippen MR) is 101 cm³/mol. The highest BCUT2D eigenvalue weighted by Crippen LogP contribution is 2.34. The first-order valence-corrected chi connectivity index (χ1v) is 10.2. The van der Waals surface area contributed by atoms with Crippen LogP contribution in [0, 0.1) is 5.92 Å². The van der Waals surface area contributed by atoms with Crippen molar-refractivity contribution in [1.29, 1.82) is 0 Å². The third kappa shape index (κ3) is 3.90. The van der Waals surface area contributed by atoms with Crippen molar-refractivity contribution in [3.63, 3.8) is 0 Å². The van der Waals surface area contributed by atoms with E-state index in [0.717, 1.165) is 63.4 Å². The summed E-state index contributed by atoms with van der Waals surface area (Å²) in [7, 11) is 2.11. The second-order valence-electron chi connectivity index (χ2n) is 7.10. The van der Waals surface area contributed by atoms with Crippen LogP contribution >= 0.6 is 11.3 Å². The zero-order chi connectivity index (χ0) is 18.0. The van der Waals surface area contributed by atoms with Crippen molar-refractivity contribution < 1.29 is 9.59 Å². The zero-order valence-electron chi connectivity index (χ0n) is 15.6. The summed E-state index contributed by atoms with van der Waals surface area (Å²) in [6.07, 6.45) is 2.63. The topological polar surface area (TPSA) is 43.9 Å². The third-order valence-corrected chi connectivity index (χ3v) is 6.73. The van der Waals surface area contributed by atoms with Crippen LogP contribution in [0.5, 0.6) is 0 Å². The molecule has 5 nitrogen and oxygen atoms in total. The molecule has 1 aliphatic heterocycles. The Labute approximate surface area is 154 Å². The number of hydrogen-bond acceptors (Lipinski definition) is 4. The lowest BCUT2D eigenvalue weighted by Gasteiger charge is -2.35. The number of thiophene rings is 1. The van der Waals surface area contributed by atoms with Gasteiger partial charge in [-0.3, -0.25) is 9.59 Å². The molecule has 6 heteroatoms. The quantitative estimate of drug-likeness (QED) is 0.823. The monoisotopic (exact) mass is 363 g/mol. The third-order valence-electron chi connectivity index (χ3n) is 5.51. The average Bonchev–Trinajstić information content (AvgIpc) is 3.06. The number of piperazine rings is 1. The number of carbonyl (C=O) groups excluding carboxylic acids is 2. The summed E-state index contributed by atoms with van der Waals surface area (Å²) >= 11 is 1.63. The van der Waals surface area contributed by atoms with Crippen molar-refractivity contribution in [2.75, 3.05) is 46.3 Å². The van der Waals surface area contributed by atoms with Gasteiger partial charge in [-0.05, 0) is 51.8 Å². The zero-order valence-corrected chi connectivity index (χ0v) is 16.4. The number of fused-ring (bicyclic) bond motifs is 1. The van der Waals surface area contributed by atoms with Crippen LogP contribution in [-0.2, 0) is 17.6 Å². The molecule has 1 aliphatic carbocycles. The average molecular weight is 364 g/mol. The predicted octanol–water partition coefficient (Wildman–Crippen LogP) is 2.11. The summed E-state index contributed by atoms with van der Waals surface area (Å²) in [6.45, 7) is 9.11. The first-order chi connectivity index (χ1) is 12.0. The first kappa shape index (κ1) is 18.4. The van der Waals surface area contributed by atoms with Crippen molar-refractivity contribution >= 4 is 23.2 Å². The lowest BCUT2D eigenvalue weighted by Crippen LogP contribution is -2.49. The SMILES string of the molecule is CCN(CC)C(=O)c1cc2c(s1)CCC(C(=O)N1CCN(C)CC1)C2. The Morgan fingerprint density at radius 2 is 1.88 bits per heavy atom. The molecule has 1 saturated heterocycles. The highest BCUT2D eigenvalue weighted by Gasteiger charge is 2.31. The lowest BCUT2D eigenvalue weighted by atomic mass is 9.87. The number of carbonyl (C=O) groups is 2. The second kappa shape index (κ2) is 7.87. The van der Waals surface area contributed by atoms with Crippen LogP contribution < -0.4 is 0 Å². The van der Waals surface area contributed by atoms with Gasteiger partial charge in [0.1, 0.15) is 0 Å². The maximum absolute atomic E-state index is 12.8. The lowest BCUT2D eigenvalue weighted by molar-refractivity contribution is -0.137. The van der Waals surface area contributed by atoms with Crippen molar-refractivity contribution in [2.45, 2.75) is 33.1 Å². The maximum atomic E-state index is 12.8. The van der Waals surface area contributed by atoms with Gasteiger partial charge in [0.15, 0.2) is 0 Å². The van der Waals surface area contributed by atoms with Gasteiger partial charge in [-0.1, -0.05) is 0 Å². The van der Waals surface area contributed by atoms with Gasteiger partial charge >= 0.3 is 0 Å². The van der Waals surface area contributed by atoms with E-state index in [-0.39, 0.29) is 11.8 Å². The van der Waals surface area contributed by atoms with Gasteiger partial charge in [-0.15, -0.1) is 11.3 Å². The molecule has 3 rings (SSSR count). The van der Waals surface area contributed by atoms with Crippen LogP contribution in [0.4, 0.5) is 0 Å². The normalized spacial score (nSPS) is 21.1. The first-order valence-electron chi connectivity index (χ1n) is 9.41. The summed E-state index contributed by atoms with van der Waals surface area (Å²) in [4.78, 5) is 33.7. The highest BCUT2D eigenvalue weighted by molar-refractivity contribution is 7.14. The van der Waals surface area contributed by atoms with Gasteiger partial charge in [-0.2, -0.15) is 0 Å². The largest absolute Gasteiger partial charge is 0.340 e. The Balaban J connectivity index is 1.67. The van der Waals surface area contributed by atoms with Crippen LogP contribution in [0.2, 0.25) is 0 Å². The van der Waals surface area contributed by atoms with Crippen LogP contribution in [0.15, 0.2) is 6.07 Å². The molecule has 0 radical (unpaired) electrons. The van der Waals surface area contributed by atoms with Crippen LogP contribution in [0.25, 0.3) is 0 Å². The smallest absolute Gasteiger partial charge is 0.263 e. The number of nitrogens with zero attached hydrogens (tertiary/aromatic N) is 3. The molecule has 1 fully saturated rings. The Morgan fingerprint density at radius 3 is 2.52 bits per heavy atom. The molecule has 0 aromatic carbocycles. The van der Waals surface area contributed by atoms with E-state index in [1.54, 1.807) is 11.3 Å². The number of amides is 2. The molecule has 2 amide bonds. The van der Waals surface area contributed by atoms with E-state index in [4.69, 9.17) is 0 Å². The Bertz CT molecular complexity index is 631. The molecule has 0 spiro atoms. The van der Waals surface area contributed by atoms with Crippen LogP contribution in [-0.4, -0.2) is 72.8 Å². The van der Waals surface area contributed by atoms with E-state index in [9.17, 15) is 9.59 Å². The number of likely N-dealkylation sites (N-methyl/N-ethyl adjacent to an activating group) is 1. The number of hydrogen-bond donors (Lipinski definition) is 0. The fourth-order valence-electron chi connectivity index (χ4n) is 3.79. The van der Waals surface area contributed by atoms with Gasteiger partial charge in [0.25, 0.3) is 5.91 Å². The van der Waals surface area contributed by atoms with Gasteiger partial charge in [-0.25, -0.2) is 0 Å². The molecule has 2 heterocycles. The van der Waals surface area contributed by atoms with Gasteiger partial charge in [0.2, 0.25) is 5.91 Å². The van der Waals surface area contributed by atoms with Crippen LogP contribution in [0.1, 0.15) is 40.4 Å². The minimum Gasteiger partial charge on any atom is -0.340 e. The summed E-state index contributed by atoms with van der Waals surface area (Å²) < 4.78 is 0. The minimum absolute atomic E-state index is 0.0851. The molecule has 0 bridgehead atoms. The molecular weight excluding hydrogens is 334 g/mol. The molecule has 1 atom stereocenters. The Hall–Kier alpha value is -1.40. The molecule has 0 N–H and O–H groups in total. The molecule has 2 aliphatic rings. The van der Waals surface area contributed by atoms with Gasteiger partial charge in [0, 0.05) is 50.1 Å². The number of rotatable bonds is 4. The van der Waals surface area contributed by atoms with Gasteiger partial charge < -0.3 is 14.7 Å².